The second-order valence-corrected chi connectivity index (χ2v) is 3.58. The number of thioether (sulfide) groups is 1. The largest absolute Gasteiger partial charge is 0.355 e. The lowest BCUT2D eigenvalue weighted by atomic mass is 10.6. The van der Waals surface area contributed by atoms with E-state index in [1.54, 1.807) is 11.8 Å². The smallest absolute Gasteiger partial charge is 0.140 e. The fourth-order valence-electron chi connectivity index (χ4n) is 0.563. The molecule has 0 bridgehead atoms. The maximum absolute atomic E-state index is 4.95. The lowest BCUT2D eigenvalue weighted by Crippen LogP contribution is -2.15. The van der Waals surface area contributed by atoms with Crippen LogP contribution in [0.25, 0.3) is 0 Å². The molecule has 8 heavy (non-hydrogen) atoms. The molecule has 3 heteroatoms. The summed E-state index contributed by atoms with van der Waals surface area (Å²) in [5.41, 5.74) is 0. The normalized spacial score (nSPS) is 20.4. The van der Waals surface area contributed by atoms with Crippen LogP contribution in [0.5, 0.6) is 0 Å². The van der Waals surface area contributed by atoms with Gasteiger partial charge in [-0.1, -0.05) is 30.6 Å². The van der Waals surface area contributed by atoms with E-state index in [0.717, 1.165) is 15.8 Å². The zero-order chi connectivity index (χ0) is 6.15. The van der Waals surface area contributed by atoms with E-state index in [0.29, 0.717) is 0 Å². The van der Waals surface area contributed by atoms with Gasteiger partial charge in [-0.25, -0.2) is 0 Å². The maximum atomic E-state index is 4.95. The van der Waals surface area contributed by atoms with Crippen LogP contribution in [-0.4, -0.2) is 22.8 Å². The molecule has 1 heterocycles. The summed E-state index contributed by atoms with van der Waals surface area (Å²) in [5.74, 6) is 0. The van der Waals surface area contributed by atoms with E-state index in [4.69, 9.17) is 12.2 Å². The first-order valence-electron chi connectivity index (χ1n) is 2.31. The van der Waals surface area contributed by atoms with E-state index in [1.807, 2.05) is 11.9 Å². The maximum Gasteiger partial charge on any atom is 0.140 e. The number of hydrogen-bond acceptors (Lipinski definition) is 2. The van der Waals surface area contributed by atoms with Crippen molar-refractivity contribution in [2.24, 2.45) is 0 Å². The van der Waals surface area contributed by atoms with Gasteiger partial charge in [0.2, 0.25) is 0 Å². The van der Waals surface area contributed by atoms with Crippen molar-refractivity contribution in [3.8, 4) is 0 Å². The first-order chi connectivity index (χ1) is 3.70. The summed E-state index contributed by atoms with van der Waals surface area (Å²) in [6.45, 7) is 4.71. The summed E-state index contributed by atoms with van der Waals surface area (Å²) in [6.07, 6.45) is 0. The molecule has 44 valence electrons. The van der Waals surface area contributed by atoms with Gasteiger partial charge in [-0.3, -0.25) is 0 Å². The molecule has 1 fully saturated rings. The topological polar surface area (TPSA) is 3.24 Å². The van der Waals surface area contributed by atoms with Crippen molar-refractivity contribution in [3.63, 3.8) is 0 Å². The Labute approximate surface area is 58.7 Å². The predicted molar refractivity (Wildman–Crippen MR) is 42.0 cm³/mol. The van der Waals surface area contributed by atoms with Crippen molar-refractivity contribution < 1.29 is 0 Å². The molecule has 0 aromatic heterocycles. The van der Waals surface area contributed by atoms with E-state index in [2.05, 4.69) is 6.58 Å². The molecule has 0 aromatic rings. The van der Waals surface area contributed by atoms with E-state index < -0.39 is 0 Å². The van der Waals surface area contributed by atoms with Crippen LogP contribution in [0.2, 0.25) is 0 Å². The Morgan fingerprint density at radius 2 is 2.50 bits per heavy atom. The van der Waals surface area contributed by atoms with Gasteiger partial charge in [0.15, 0.2) is 0 Å². The van der Waals surface area contributed by atoms with Crippen LogP contribution in [0.3, 0.4) is 0 Å². The summed E-state index contributed by atoms with van der Waals surface area (Å²) in [5, 5.41) is 0. The molecule has 1 nitrogen and oxygen atoms in total. The lowest BCUT2D eigenvalue weighted by Gasteiger charge is -2.04. The average molecular weight is 145 g/mol. The van der Waals surface area contributed by atoms with Gasteiger partial charge in [-0.2, -0.15) is 0 Å². The van der Waals surface area contributed by atoms with Gasteiger partial charge in [-0.15, -0.1) is 0 Å². The Balaban J connectivity index is 2.64. The third kappa shape index (κ3) is 1.03. The van der Waals surface area contributed by atoms with Crippen LogP contribution in [0.15, 0.2) is 11.5 Å². The van der Waals surface area contributed by atoms with Gasteiger partial charge >= 0.3 is 0 Å². The standard InChI is InChI=1S/C5H7NS2/c1-4-3-6(2)5(7)8-4/h1,3H2,2H3. The highest BCUT2D eigenvalue weighted by Gasteiger charge is 2.15. The molecule has 0 N–H and O–H groups in total. The molecule has 0 unspecified atom stereocenters. The summed E-state index contributed by atoms with van der Waals surface area (Å²) in [4.78, 5) is 3.17. The number of thiocarbonyl (C=S) groups is 1. The zero-order valence-electron chi connectivity index (χ0n) is 4.68. The minimum atomic E-state index is 0.920. The van der Waals surface area contributed by atoms with Crippen molar-refractivity contribution in [2.45, 2.75) is 0 Å². The van der Waals surface area contributed by atoms with Gasteiger partial charge in [-0.05, 0) is 0 Å². The SMILES string of the molecule is C=C1CN(C)C(=S)S1. The molecular formula is C5H7NS2. The fraction of sp³-hybridized carbons (Fsp3) is 0.400. The fourth-order valence-corrected chi connectivity index (χ4v) is 1.71. The van der Waals surface area contributed by atoms with Gasteiger partial charge in [0.05, 0.1) is 0 Å². The summed E-state index contributed by atoms with van der Waals surface area (Å²) < 4.78 is 0.940. The van der Waals surface area contributed by atoms with Gasteiger partial charge in [0.25, 0.3) is 0 Å². The van der Waals surface area contributed by atoms with Crippen molar-refractivity contribution in [1.82, 2.24) is 4.90 Å². The number of hydrogen-bond donors (Lipinski definition) is 0. The molecule has 0 amide bonds. The second kappa shape index (κ2) is 2.07. The Bertz CT molecular complexity index is 141. The minimum Gasteiger partial charge on any atom is -0.355 e. The number of rotatable bonds is 0. The van der Waals surface area contributed by atoms with Crippen LogP contribution in [0, 0.1) is 0 Å². The molecule has 0 aliphatic carbocycles. The third-order valence-corrected chi connectivity index (χ3v) is 2.42. The number of nitrogens with zero attached hydrogens (tertiary/aromatic N) is 1. The highest BCUT2D eigenvalue weighted by atomic mass is 32.2. The van der Waals surface area contributed by atoms with Crippen LogP contribution in [0.1, 0.15) is 0 Å². The first kappa shape index (κ1) is 6.11. The zero-order valence-corrected chi connectivity index (χ0v) is 6.31. The van der Waals surface area contributed by atoms with E-state index in [-0.39, 0.29) is 0 Å². The molecule has 0 spiro atoms. The van der Waals surface area contributed by atoms with Crippen molar-refractivity contribution >= 4 is 28.3 Å². The Morgan fingerprint density at radius 1 is 1.88 bits per heavy atom. The summed E-state index contributed by atoms with van der Waals surface area (Å²) >= 11 is 6.54. The molecular weight excluding hydrogens is 138 g/mol. The quantitative estimate of drug-likeness (QED) is 0.475. The van der Waals surface area contributed by atoms with Crippen molar-refractivity contribution in [3.05, 3.63) is 11.5 Å². The molecule has 1 rings (SSSR count). The first-order valence-corrected chi connectivity index (χ1v) is 3.53. The molecule has 0 saturated carbocycles. The minimum absolute atomic E-state index is 0.920. The molecule has 0 aromatic carbocycles. The van der Waals surface area contributed by atoms with Crippen molar-refractivity contribution in [2.75, 3.05) is 13.6 Å². The third-order valence-electron chi connectivity index (χ3n) is 0.957. The predicted octanol–water partition coefficient (Wildman–Crippen LogP) is 1.46. The lowest BCUT2D eigenvalue weighted by molar-refractivity contribution is 0.591. The molecule has 1 saturated heterocycles. The highest BCUT2D eigenvalue weighted by Crippen LogP contribution is 2.25. The average Bonchev–Trinajstić information content (AvgIpc) is 1.85. The van der Waals surface area contributed by atoms with Crippen LogP contribution in [0.4, 0.5) is 0 Å². The molecule has 0 radical (unpaired) electrons. The summed E-state index contributed by atoms with van der Waals surface area (Å²) in [6, 6.07) is 0. The molecule has 1 aliphatic heterocycles. The van der Waals surface area contributed by atoms with E-state index in [9.17, 15) is 0 Å². The van der Waals surface area contributed by atoms with Crippen LogP contribution >= 0.6 is 24.0 Å². The molecule has 1 aliphatic rings. The second-order valence-electron chi connectivity index (χ2n) is 1.76. The Morgan fingerprint density at radius 3 is 2.62 bits per heavy atom. The Hall–Kier alpha value is -0.0200. The summed E-state index contributed by atoms with van der Waals surface area (Å²) in [7, 11) is 1.98. The Kier molecular flexibility index (Phi) is 1.58. The van der Waals surface area contributed by atoms with E-state index in [1.165, 1.54) is 0 Å². The van der Waals surface area contributed by atoms with Gasteiger partial charge in [0.1, 0.15) is 4.32 Å². The van der Waals surface area contributed by atoms with E-state index >= 15 is 0 Å². The highest BCUT2D eigenvalue weighted by molar-refractivity contribution is 8.25. The van der Waals surface area contributed by atoms with Crippen LogP contribution < -0.4 is 0 Å². The van der Waals surface area contributed by atoms with Gasteiger partial charge in [0, 0.05) is 18.5 Å². The molecule has 0 atom stereocenters. The monoisotopic (exact) mass is 145 g/mol. The number of likely N-dealkylation sites (N-methyl/N-ethyl adjacent to an activating group) is 1. The van der Waals surface area contributed by atoms with Gasteiger partial charge < -0.3 is 4.90 Å². The van der Waals surface area contributed by atoms with Crippen LogP contribution in [-0.2, 0) is 0 Å². The van der Waals surface area contributed by atoms with Crippen molar-refractivity contribution in [1.29, 1.82) is 0 Å².